The van der Waals surface area contributed by atoms with Gasteiger partial charge in [0.25, 0.3) is 0 Å². The average molecular weight is 391 g/mol. The first-order valence-electron chi connectivity index (χ1n) is 8.97. The molecule has 0 saturated carbocycles. The first-order valence-corrected chi connectivity index (χ1v) is 9.35. The van der Waals surface area contributed by atoms with Gasteiger partial charge in [-0.15, -0.1) is 0 Å². The lowest BCUT2D eigenvalue weighted by Gasteiger charge is -2.29. The van der Waals surface area contributed by atoms with Crippen molar-refractivity contribution < 1.29 is 14.0 Å². The number of hydrogen-bond acceptors (Lipinski definition) is 2. The molecule has 2 amide bonds. The maximum atomic E-state index is 13.9. The van der Waals surface area contributed by atoms with Crippen LogP contribution in [-0.4, -0.2) is 29.3 Å². The van der Waals surface area contributed by atoms with Crippen LogP contribution in [0.25, 0.3) is 0 Å². The number of nitrogens with zero attached hydrogens (tertiary/aromatic N) is 1. The minimum atomic E-state index is -0.675. The number of nitrogens with one attached hydrogen (secondary N) is 1. The van der Waals surface area contributed by atoms with Crippen molar-refractivity contribution in [1.29, 1.82) is 0 Å². The molecule has 0 heterocycles. The Balaban J connectivity index is 2.21. The zero-order valence-electron chi connectivity index (χ0n) is 15.5. The van der Waals surface area contributed by atoms with Crippen LogP contribution in [0.1, 0.15) is 31.4 Å². The second kappa shape index (κ2) is 10.1. The highest BCUT2D eigenvalue weighted by Crippen LogP contribution is 2.16. The molecule has 0 aliphatic carbocycles. The molecule has 4 nitrogen and oxygen atoms in total. The SMILES string of the molecule is CCCNC(=O)C(C)N(Cc1ccc(Cl)cc1)C(=O)Cc1ccccc1F. The molecule has 1 unspecified atom stereocenters. The Morgan fingerprint density at radius 3 is 2.44 bits per heavy atom. The van der Waals surface area contributed by atoms with E-state index < -0.39 is 11.9 Å². The zero-order chi connectivity index (χ0) is 19.8. The standard InChI is InChI=1S/C21H24ClFN2O2/c1-3-12-24-21(27)15(2)25(14-16-8-10-18(22)11-9-16)20(26)13-17-6-4-5-7-19(17)23/h4-11,15H,3,12-14H2,1-2H3,(H,24,27). The lowest BCUT2D eigenvalue weighted by molar-refractivity contribution is -0.140. The molecular formula is C21H24ClFN2O2. The van der Waals surface area contributed by atoms with Crippen LogP contribution >= 0.6 is 11.6 Å². The van der Waals surface area contributed by atoms with E-state index >= 15 is 0 Å². The van der Waals surface area contributed by atoms with Gasteiger partial charge in [0.1, 0.15) is 11.9 Å². The number of carbonyl (C=O) groups is 2. The first kappa shape index (κ1) is 20.9. The Morgan fingerprint density at radius 2 is 1.81 bits per heavy atom. The van der Waals surface area contributed by atoms with E-state index in [0.717, 1.165) is 12.0 Å². The summed E-state index contributed by atoms with van der Waals surface area (Å²) in [5.74, 6) is -0.970. The van der Waals surface area contributed by atoms with E-state index in [1.54, 1.807) is 37.3 Å². The van der Waals surface area contributed by atoms with Gasteiger partial charge >= 0.3 is 0 Å². The fourth-order valence-electron chi connectivity index (χ4n) is 2.67. The van der Waals surface area contributed by atoms with E-state index in [9.17, 15) is 14.0 Å². The first-order chi connectivity index (χ1) is 12.9. The number of carbonyl (C=O) groups excluding carboxylic acids is 2. The second-order valence-corrected chi connectivity index (χ2v) is 6.82. The summed E-state index contributed by atoms with van der Waals surface area (Å²) >= 11 is 5.92. The highest BCUT2D eigenvalue weighted by molar-refractivity contribution is 6.30. The molecule has 144 valence electrons. The normalized spacial score (nSPS) is 11.7. The molecule has 0 fully saturated rings. The van der Waals surface area contributed by atoms with Crippen molar-refractivity contribution in [3.63, 3.8) is 0 Å². The molecule has 0 aliphatic heterocycles. The van der Waals surface area contributed by atoms with Gasteiger partial charge in [-0.3, -0.25) is 9.59 Å². The van der Waals surface area contributed by atoms with Crippen LogP contribution in [0.2, 0.25) is 5.02 Å². The van der Waals surface area contributed by atoms with Gasteiger partial charge in [0, 0.05) is 18.1 Å². The summed E-state index contributed by atoms with van der Waals surface area (Å²) in [5, 5.41) is 3.40. The maximum absolute atomic E-state index is 13.9. The number of benzene rings is 2. The van der Waals surface area contributed by atoms with Crippen molar-refractivity contribution in [2.75, 3.05) is 6.54 Å². The largest absolute Gasteiger partial charge is 0.354 e. The number of hydrogen-bond donors (Lipinski definition) is 1. The van der Waals surface area contributed by atoms with E-state index in [-0.39, 0.29) is 24.8 Å². The van der Waals surface area contributed by atoms with Crippen LogP contribution in [0.5, 0.6) is 0 Å². The summed E-state index contributed by atoms with van der Waals surface area (Å²) in [6, 6.07) is 12.6. The molecule has 2 aromatic rings. The van der Waals surface area contributed by atoms with Crippen molar-refractivity contribution in [2.24, 2.45) is 0 Å². The van der Waals surface area contributed by atoms with Gasteiger partial charge in [-0.05, 0) is 42.7 Å². The van der Waals surface area contributed by atoms with Gasteiger partial charge in [-0.1, -0.05) is 48.9 Å². The lowest BCUT2D eigenvalue weighted by atomic mass is 10.1. The summed E-state index contributed by atoms with van der Waals surface area (Å²) < 4.78 is 13.9. The monoisotopic (exact) mass is 390 g/mol. The minimum absolute atomic E-state index is 0.105. The van der Waals surface area contributed by atoms with E-state index in [1.807, 2.05) is 19.1 Å². The van der Waals surface area contributed by atoms with Gasteiger partial charge in [0.2, 0.25) is 11.8 Å². The fourth-order valence-corrected chi connectivity index (χ4v) is 2.80. The molecule has 0 radical (unpaired) electrons. The number of rotatable bonds is 8. The Hall–Kier alpha value is -2.40. The molecule has 1 atom stereocenters. The Bertz CT molecular complexity index is 780. The van der Waals surface area contributed by atoms with Crippen LogP contribution < -0.4 is 5.32 Å². The molecule has 0 bridgehead atoms. The Kier molecular flexibility index (Phi) is 7.80. The quantitative estimate of drug-likeness (QED) is 0.741. The van der Waals surface area contributed by atoms with E-state index in [1.165, 1.54) is 11.0 Å². The summed E-state index contributed by atoms with van der Waals surface area (Å²) in [4.78, 5) is 26.8. The second-order valence-electron chi connectivity index (χ2n) is 6.38. The minimum Gasteiger partial charge on any atom is -0.354 e. The van der Waals surface area contributed by atoms with Crippen LogP contribution in [0.15, 0.2) is 48.5 Å². The van der Waals surface area contributed by atoms with Gasteiger partial charge in [0.15, 0.2) is 0 Å². The van der Waals surface area contributed by atoms with E-state index in [0.29, 0.717) is 17.1 Å². The number of amides is 2. The van der Waals surface area contributed by atoms with E-state index in [2.05, 4.69) is 5.32 Å². The summed E-state index contributed by atoms with van der Waals surface area (Å²) in [6.45, 7) is 4.42. The molecule has 0 spiro atoms. The fraction of sp³-hybridized carbons (Fsp3) is 0.333. The van der Waals surface area contributed by atoms with Gasteiger partial charge in [-0.25, -0.2) is 4.39 Å². The van der Waals surface area contributed by atoms with Crippen LogP contribution in [0.4, 0.5) is 4.39 Å². The van der Waals surface area contributed by atoms with Crippen LogP contribution in [-0.2, 0) is 22.6 Å². The maximum Gasteiger partial charge on any atom is 0.242 e. The third-order valence-corrected chi connectivity index (χ3v) is 4.53. The van der Waals surface area contributed by atoms with Crippen LogP contribution in [0.3, 0.4) is 0 Å². The van der Waals surface area contributed by atoms with Gasteiger partial charge in [0.05, 0.1) is 6.42 Å². The summed E-state index contributed by atoms with van der Waals surface area (Å²) in [7, 11) is 0. The van der Waals surface area contributed by atoms with Crippen molar-refractivity contribution in [3.8, 4) is 0 Å². The Morgan fingerprint density at radius 1 is 1.15 bits per heavy atom. The average Bonchev–Trinajstić information content (AvgIpc) is 2.66. The summed E-state index contributed by atoms with van der Waals surface area (Å²) in [5.41, 5.74) is 1.15. The molecule has 0 aromatic heterocycles. The van der Waals surface area contributed by atoms with Gasteiger partial charge < -0.3 is 10.2 Å². The van der Waals surface area contributed by atoms with Crippen molar-refractivity contribution >= 4 is 23.4 Å². The van der Waals surface area contributed by atoms with Crippen molar-refractivity contribution in [1.82, 2.24) is 10.2 Å². The highest BCUT2D eigenvalue weighted by Gasteiger charge is 2.26. The predicted molar refractivity (Wildman–Crippen MR) is 105 cm³/mol. The smallest absolute Gasteiger partial charge is 0.242 e. The van der Waals surface area contributed by atoms with Crippen molar-refractivity contribution in [3.05, 3.63) is 70.5 Å². The molecule has 6 heteroatoms. The van der Waals surface area contributed by atoms with E-state index in [4.69, 9.17) is 11.6 Å². The molecule has 27 heavy (non-hydrogen) atoms. The molecule has 2 rings (SSSR count). The molecule has 2 aromatic carbocycles. The number of halogens is 2. The van der Waals surface area contributed by atoms with Crippen molar-refractivity contribution in [2.45, 2.75) is 39.3 Å². The van der Waals surface area contributed by atoms with Crippen LogP contribution in [0, 0.1) is 5.82 Å². The third kappa shape index (κ3) is 6.07. The third-order valence-electron chi connectivity index (χ3n) is 4.28. The highest BCUT2D eigenvalue weighted by atomic mass is 35.5. The summed E-state index contributed by atoms with van der Waals surface area (Å²) in [6.07, 6.45) is 0.699. The topological polar surface area (TPSA) is 49.4 Å². The molecule has 0 saturated heterocycles. The van der Waals surface area contributed by atoms with Gasteiger partial charge in [-0.2, -0.15) is 0 Å². The molecule has 0 aliphatic rings. The zero-order valence-corrected chi connectivity index (χ0v) is 16.3. The lowest BCUT2D eigenvalue weighted by Crippen LogP contribution is -2.48. The Labute approximate surface area is 164 Å². The molecule has 1 N–H and O–H groups in total. The predicted octanol–water partition coefficient (Wildman–Crippen LogP) is 3.97. The molecular weight excluding hydrogens is 367 g/mol.